The summed E-state index contributed by atoms with van der Waals surface area (Å²) in [6.07, 6.45) is -0.441. The van der Waals surface area contributed by atoms with E-state index in [0.29, 0.717) is 22.3 Å². The molecule has 0 saturated carbocycles. The molecule has 25 heavy (non-hydrogen) atoms. The number of ether oxygens (including phenoxy) is 1. The number of ketones is 1. The molecule has 128 valence electrons. The van der Waals surface area contributed by atoms with E-state index < -0.39 is 12.2 Å². The van der Waals surface area contributed by atoms with Gasteiger partial charge in [-0.25, -0.2) is 0 Å². The summed E-state index contributed by atoms with van der Waals surface area (Å²) in [6.45, 7) is 3.63. The maximum atomic E-state index is 12.9. The monoisotopic (exact) mass is 338 g/mol. The highest BCUT2D eigenvalue weighted by molar-refractivity contribution is 6.09. The van der Waals surface area contributed by atoms with Gasteiger partial charge in [-0.15, -0.1) is 0 Å². The van der Waals surface area contributed by atoms with E-state index in [9.17, 15) is 4.79 Å². The Labute approximate surface area is 150 Å². The van der Waals surface area contributed by atoms with Crippen LogP contribution in [0.3, 0.4) is 0 Å². The third-order valence-corrected chi connectivity index (χ3v) is 4.07. The lowest BCUT2D eigenvalue weighted by Crippen LogP contribution is -2.06. The standard InChI is InChI=1S/C21H22N2O2/c1-4-8-18(24)16-13-22-21-15(10-7-12-19(21)25-3)20(16)23-17-11-6-5-9-14(17)2/h5-7,9-13H,4,8H2,1-3H3,(H,22,23)/i8T2. The summed E-state index contributed by atoms with van der Waals surface area (Å²) in [5.74, 6) is 0.0103. The van der Waals surface area contributed by atoms with E-state index in [0.717, 1.165) is 11.3 Å². The van der Waals surface area contributed by atoms with Crippen LogP contribution in [-0.2, 0) is 0 Å². The number of hydrogen-bond donors (Lipinski definition) is 1. The van der Waals surface area contributed by atoms with E-state index in [-0.39, 0.29) is 12.0 Å². The van der Waals surface area contributed by atoms with E-state index >= 15 is 0 Å². The fraction of sp³-hybridized carbons (Fsp3) is 0.238. The fourth-order valence-electron chi connectivity index (χ4n) is 2.77. The molecular formula is C21H22N2O2. The van der Waals surface area contributed by atoms with E-state index in [1.54, 1.807) is 20.1 Å². The minimum atomic E-state index is -1.96. The number of benzene rings is 2. The predicted molar refractivity (Wildman–Crippen MR) is 102 cm³/mol. The summed E-state index contributed by atoms with van der Waals surface area (Å²) in [5, 5.41) is 4.03. The summed E-state index contributed by atoms with van der Waals surface area (Å²) >= 11 is 0. The zero-order valence-corrected chi connectivity index (χ0v) is 14.6. The first-order valence-corrected chi connectivity index (χ1v) is 8.22. The third-order valence-electron chi connectivity index (χ3n) is 4.07. The number of fused-ring (bicyclic) bond motifs is 1. The van der Waals surface area contributed by atoms with Crippen LogP contribution in [0.4, 0.5) is 11.4 Å². The Bertz CT molecular complexity index is 1000. The Morgan fingerprint density at radius 1 is 1.24 bits per heavy atom. The highest BCUT2D eigenvalue weighted by atomic mass is 16.5. The van der Waals surface area contributed by atoms with Crippen molar-refractivity contribution in [3.8, 4) is 5.75 Å². The topological polar surface area (TPSA) is 51.2 Å². The summed E-state index contributed by atoms with van der Waals surface area (Å²) in [5.41, 5.74) is 3.24. The number of rotatable bonds is 6. The Morgan fingerprint density at radius 2 is 2.04 bits per heavy atom. The first kappa shape index (κ1) is 14.5. The number of aryl methyl sites for hydroxylation is 1. The number of para-hydroxylation sites is 2. The molecule has 3 rings (SSSR count). The molecule has 2 aromatic carbocycles. The second-order valence-corrected chi connectivity index (χ2v) is 5.70. The second-order valence-electron chi connectivity index (χ2n) is 5.70. The molecule has 0 aliphatic carbocycles. The van der Waals surface area contributed by atoms with Crippen LogP contribution in [0.1, 0.15) is 38.4 Å². The normalized spacial score (nSPS) is 12.4. The molecule has 0 saturated heterocycles. The van der Waals surface area contributed by atoms with Crippen LogP contribution in [0.15, 0.2) is 48.7 Å². The Balaban J connectivity index is 2.26. The average molecular weight is 338 g/mol. The van der Waals surface area contributed by atoms with Crippen LogP contribution in [0, 0.1) is 6.92 Å². The number of nitrogens with one attached hydrogen (secondary N) is 1. The van der Waals surface area contributed by atoms with Crippen LogP contribution in [-0.4, -0.2) is 17.9 Å². The number of nitrogens with zero attached hydrogens (tertiary/aromatic N) is 1. The van der Waals surface area contributed by atoms with Crippen molar-refractivity contribution >= 4 is 28.1 Å². The summed E-state index contributed by atoms with van der Waals surface area (Å²) in [7, 11) is 1.57. The zero-order chi connectivity index (χ0) is 19.6. The predicted octanol–water partition coefficient (Wildman–Crippen LogP) is 5.28. The Hall–Kier alpha value is -2.88. The van der Waals surface area contributed by atoms with Crippen molar-refractivity contribution in [2.45, 2.75) is 26.6 Å². The number of carbonyl (C=O) groups is 1. The quantitative estimate of drug-likeness (QED) is 0.621. The van der Waals surface area contributed by atoms with Gasteiger partial charge in [-0.2, -0.15) is 0 Å². The smallest absolute Gasteiger partial charge is 0.166 e. The van der Waals surface area contributed by atoms with Crippen LogP contribution < -0.4 is 10.1 Å². The first-order valence-electron chi connectivity index (χ1n) is 9.22. The maximum absolute atomic E-state index is 12.9. The highest BCUT2D eigenvalue weighted by Crippen LogP contribution is 2.34. The zero-order valence-electron chi connectivity index (χ0n) is 16.6. The van der Waals surface area contributed by atoms with Crippen molar-refractivity contribution in [1.82, 2.24) is 4.98 Å². The van der Waals surface area contributed by atoms with Crippen molar-refractivity contribution in [1.29, 1.82) is 0 Å². The van der Waals surface area contributed by atoms with Crippen molar-refractivity contribution in [3.63, 3.8) is 0 Å². The highest BCUT2D eigenvalue weighted by Gasteiger charge is 2.17. The molecule has 0 fully saturated rings. The molecule has 0 bridgehead atoms. The summed E-state index contributed by atoms with van der Waals surface area (Å²) in [4.78, 5) is 17.3. The van der Waals surface area contributed by atoms with Gasteiger partial charge in [0.25, 0.3) is 0 Å². The molecule has 3 aromatic rings. The van der Waals surface area contributed by atoms with Crippen molar-refractivity contribution in [3.05, 3.63) is 59.8 Å². The average Bonchev–Trinajstić information content (AvgIpc) is 2.68. The second kappa shape index (κ2) is 7.34. The lowest BCUT2D eigenvalue weighted by Gasteiger charge is -2.16. The lowest BCUT2D eigenvalue weighted by molar-refractivity contribution is 0.0982. The number of methoxy groups -OCH3 is 1. The molecule has 0 radical (unpaired) electrons. The van der Waals surface area contributed by atoms with Crippen molar-refractivity contribution in [2.75, 3.05) is 12.4 Å². The Morgan fingerprint density at radius 3 is 2.76 bits per heavy atom. The van der Waals surface area contributed by atoms with Crippen LogP contribution in [0.25, 0.3) is 10.9 Å². The molecular weight excluding hydrogens is 312 g/mol. The first-order chi connectivity index (χ1) is 12.9. The van der Waals surface area contributed by atoms with Crippen LogP contribution >= 0.6 is 0 Å². The van der Waals surface area contributed by atoms with Gasteiger partial charge in [-0.3, -0.25) is 9.78 Å². The minimum absolute atomic E-state index is 0.0891. The molecule has 0 aliphatic rings. The van der Waals surface area contributed by atoms with Crippen LogP contribution in [0.2, 0.25) is 0 Å². The van der Waals surface area contributed by atoms with Gasteiger partial charge >= 0.3 is 0 Å². The Kier molecular flexibility index (Phi) is 4.25. The molecule has 1 aromatic heterocycles. The third kappa shape index (κ3) is 3.33. The van der Waals surface area contributed by atoms with Gasteiger partial charge in [0.2, 0.25) is 0 Å². The molecule has 4 heteroatoms. The van der Waals surface area contributed by atoms with E-state index in [1.807, 2.05) is 43.3 Å². The largest absolute Gasteiger partial charge is 0.494 e. The number of anilines is 2. The number of Topliss-reactive ketones (excluding diaryl/α,β-unsaturated/α-hetero) is 1. The molecule has 4 nitrogen and oxygen atoms in total. The molecule has 0 unspecified atom stereocenters. The number of aromatic nitrogens is 1. The molecule has 0 aliphatic heterocycles. The minimum Gasteiger partial charge on any atom is -0.494 e. The molecule has 1 N–H and O–H groups in total. The number of pyridine rings is 1. The summed E-state index contributed by atoms with van der Waals surface area (Å²) in [6, 6.07) is 13.2. The van der Waals surface area contributed by atoms with E-state index in [2.05, 4.69) is 10.3 Å². The fourth-order valence-corrected chi connectivity index (χ4v) is 2.77. The molecule has 1 heterocycles. The number of hydrogen-bond acceptors (Lipinski definition) is 4. The van der Waals surface area contributed by atoms with Gasteiger partial charge in [0.05, 0.1) is 18.4 Å². The SMILES string of the molecule is [3H]C([3H])(CC)C(=O)c1cnc2c(OC)cccc2c1Nc1ccccc1C. The van der Waals surface area contributed by atoms with Gasteiger partial charge in [0.1, 0.15) is 11.3 Å². The molecule has 0 spiro atoms. The lowest BCUT2D eigenvalue weighted by atomic mass is 10.0. The van der Waals surface area contributed by atoms with Gasteiger partial charge in [-0.05, 0) is 31.0 Å². The number of carbonyl (C=O) groups excluding carboxylic acids is 1. The van der Waals surface area contributed by atoms with Gasteiger partial charge in [-0.1, -0.05) is 37.3 Å². The summed E-state index contributed by atoms with van der Waals surface area (Å²) < 4.78 is 21.5. The molecule has 0 amide bonds. The van der Waals surface area contributed by atoms with Gasteiger partial charge in [0, 0.05) is 26.4 Å². The van der Waals surface area contributed by atoms with Crippen molar-refractivity contribution < 1.29 is 12.3 Å². The van der Waals surface area contributed by atoms with E-state index in [1.165, 1.54) is 6.20 Å². The van der Waals surface area contributed by atoms with Crippen LogP contribution in [0.5, 0.6) is 5.75 Å². The van der Waals surface area contributed by atoms with Crippen molar-refractivity contribution in [2.24, 2.45) is 0 Å². The van der Waals surface area contributed by atoms with Gasteiger partial charge in [0.15, 0.2) is 5.78 Å². The van der Waals surface area contributed by atoms with Gasteiger partial charge < -0.3 is 10.1 Å². The maximum Gasteiger partial charge on any atom is 0.166 e. The van der Waals surface area contributed by atoms with E-state index in [4.69, 9.17) is 7.48 Å². The molecule has 0 atom stereocenters.